The predicted octanol–water partition coefficient (Wildman–Crippen LogP) is 3.95. The average molecular weight is 325 g/mol. The first-order valence-electron chi connectivity index (χ1n) is 7.17. The molecule has 0 aliphatic carbocycles. The van der Waals surface area contributed by atoms with Crippen LogP contribution in [0.1, 0.15) is 31.3 Å². The highest BCUT2D eigenvalue weighted by atomic mass is 32.1. The van der Waals surface area contributed by atoms with Crippen LogP contribution in [0.4, 0.5) is 0 Å². The largest absolute Gasteiger partial charge is 0.454 e. The van der Waals surface area contributed by atoms with Gasteiger partial charge in [-0.15, -0.1) is 11.3 Å². The van der Waals surface area contributed by atoms with Crippen LogP contribution in [0.5, 0.6) is 0 Å². The molecule has 0 saturated heterocycles. The van der Waals surface area contributed by atoms with Crippen LogP contribution >= 0.6 is 11.3 Å². The summed E-state index contributed by atoms with van der Waals surface area (Å²) in [6, 6.07) is 11.2. The van der Waals surface area contributed by atoms with E-state index in [9.17, 15) is 9.59 Å². The van der Waals surface area contributed by atoms with Crippen LogP contribution in [0.25, 0.3) is 10.9 Å². The summed E-state index contributed by atoms with van der Waals surface area (Å²) in [6.45, 7) is 3.39. The van der Waals surface area contributed by atoms with E-state index in [4.69, 9.17) is 4.74 Å². The number of para-hydroxylation sites is 1. The smallest absolute Gasteiger partial charge is 0.340 e. The van der Waals surface area contributed by atoms with Gasteiger partial charge in [0.2, 0.25) is 5.78 Å². The molecular formula is C18H15NO3S. The minimum absolute atomic E-state index is 0.197. The second kappa shape index (κ2) is 6.30. The molecule has 3 rings (SSSR count). The van der Waals surface area contributed by atoms with Gasteiger partial charge in [0.1, 0.15) is 0 Å². The third kappa shape index (κ3) is 3.00. The molecule has 0 radical (unpaired) electrons. The summed E-state index contributed by atoms with van der Waals surface area (Å²) >= 11 is 1.33. The SMILES string of the molecule is Cc1nc2ccccc2c(C)c1C(=O)OCC(=O)c1cccs1. The van der Waals surface area contributed by atoms with Gasteiger partial charge in [-0.25, -0.2) is 4.79 Å². The van der Waals surface area contributed by atoms with Gasteiger partial charge in [0.25, 0.3) is 0 Å². The molecule has 0 aliphatic heterocycles. The van der Waals surface area contributed by atoms with Gasteiger partial charge >= 0.3 is 5.97 Å². The highest BCUT2D eigenvalue weighted by molar-refractivity contribution is 7.12. The maximum absolute atomic E-state index is 12.4. The van der Waals surface area contributed by atoms with Gasteiger partial charge in [-0.05, 0) is 36.9 Å². The number of esters is 1. The van der Waals surface area contributed by atoms with Crippen molar-refractivity contribution in [3.05, 3.63) is 63.5 Å². The van der Waals surface area contributed by atoms with E-state index in [-0.39, 0.29) is 12.4 Å². The summed E-state index contributed by atoms with van der Waals surface area (Å²) in [7, 11) is 0. The lowest BCUT2D eigenvalue weighted by atomic mass is 10.0. The second-order valence-electron chi connectivity index (χ2n) is 5.19. The number of benzene rings is 1. The number of hydrogen-bond acceptors (Lipinski definition) is 5. The number of rotatable bonds is 4. The van der Waals surface area contributed by atoms with Crippen molar-refractivity contribution in [1.82, 2.24) is 4.98 Å². The van der Waals surface area contributed by atoms with Crippen molar-refractivity contribution in [1.29, 1.82) is 0 Å². The summed E-state index contributed by atoms with van der Waals surface area (Å²) in [5.74, 6) is -0.708. The van der Waals surface area contributed by atoms with E-state index in [0.717, 1.165) is 16.5 Å². The van der Waals surface area contributed by atoms with Gasteiger partial charge in [0, 0.05) is 5.39 Å². The van der Waals surface area contributed by atoms with E-state index >= 15 is 0 Å². The number of ether oxygens (including phenoxy) is 1. The number of carbonyl (C=O) groups excluding carboxylic acids is 2. The minimum Gasteiger partial charge on any atom is -0.454 e. The van der Waals surface area contributed by atoms with Crippen molar-refractivity contribution >= 4 is 34.0 Å². The molecule has 0 amide bonds. The molecule has 4 nitrogen and oxygen atoms in total. The number of aromatic nitrogens is 1. The Labute approximate surface area is 137 Å². The third-order valence-corrected chi connectivity index (χ3v) is 4.58. The number of fused-ring (bicyclic) bond motifs is 1. The van der Waals surface area contributed by atoms with Crippen molar-refractivity contribution in [2.45, 2.75) is 13.8 Å². The second-order valence-corrected chi connectivity index (χ2v) is 6.14. The molecule has 0 fully saturated rings. The average Bonchev–Trinajstić information content (AvgIpc) is 3.07. The Hall–Kier alpha value is -2.53. The summed E-state index contributed by atoms with van der Waals surface area (Å²) in [6.07, 6.45) is 0. The Kier molecular flexibility index (Phi) is 4.21. The molecule has 2 heterocycles. The number of pyridine rings is 1. The van der Waals surface area contributed by atoms with Crippen LogP contribution in [0.3, 0.4) is 0 Å². The quantitative estimate of drug-likeness (QED) is 0.538. The first-order chi connectivity index (χ1) is 11.1. The lowest BCUT2D eigenvalue weighted by Gasteiger charge is -2.11. The maximum atomic E-state index is 12.4. The zero-order valence-electron chi connectivity index (χ0n) is 12.8. The number of thiophene rings is 1. The number of carbonyl (C=O) groups is 2. The van der Waals surface area contributed by atoms with Gasteiger partial charge in [0.05, 0.1) is 21.7 Å². The normalized spacial score (nSPS) is 10.7. The van der Waals surface area contributed by atoms with E-state index in [1.165, 1.54) is 11.3 Å². The van der Waals surface area contributed by atoms with Crippen molar-refractivity contribution in [2.75, 3.05) is 6.61 Å². The van der Waals surface area contributed by atoms with Crippen LogP contribution < -0.4 is 0 Å². The zero-order chi connectivity index (χ0) is 16.4. The molecule has 3 aromatic rings. The molecule has 0 bridgehead atoms. The zero-order valence-corrected chi connectivity index (χ0v) is 13.6. The van der Waals surface area contributed by atoms with Crippen molar-refractivity contribution < 1.29 is 14.3 Å². The number of hydrogen-bond donors (Lipinski definition) is 0. The molecule has 2 aromatic heterocycles. The van der Waals surface area contributed by atoms with Crippen LogP contribution in [0.2, 0.25) is 0 Å². The van der Waals surface area contributed by atoms with Gasteiger partial charge in [-0.2, -0.15) is 0 Å². The van der Waals surface area contributed by atoms with Crippen LogP contribution in [0.15, 0.2) is 41.8 Å². The molecule has 0 saturated carbocycles. The monoisotopic (exact) mass is 325 g/mol. The number of nitrogens with zero attached hydrogens (tertiary/aromatic N) is 1. The topological polar surface area (TPSA) is 56.3 Å². The van der Waals surface area contributed by atoms with E-state index in [1.54, 1.807) is 19.1 Å². The molecule has 0 spiro atoms. The molecule has 0 aliphatic rings. The summed E-state index contributed by atoms with van der Waals surface area (Å²) in [5, 5.41) is 2.73. The van der Waals surface area contributed by atoms with E-state index < -0.39 is 5.97 Å². The summed E-state index contributed by atoms with van der Waals surface area (Å²) < 4.78 is 5.20. The van der Waals surface area contributed by atoms with E-state index in [1.807, 2.05) is 36.6 Å². The molecule has 116 valence electrons. The number of aryl methyl sites for hydroxylation is 2. The van der Waals surface area contributed by atoms with E-state index in [0.29, 0.717) is 16.1 Å². The first-order valence-corrected chi connectivity index (χ1v) is 8.05. The standard InChI is InChI=1S/C18H15NO3S/c1-11-13-6-3-4-7-14(13)19-12(2)17(11)18(21)22-10-15(20)16-8-5-9-23-16/h3-9H,10H2,1-2H3. The van der Waals surface area contributed by atoms with Crippen LogP contribution in [0, 0.1) is 13.8 Å². The Morgan fingerprint density at radius 2 is 1.91 bits per heavy atom. The minimum atomic E-state index is -0.511. The Balaban J connectivity index is 1.85. The third-order valence-electron chi connectivity index (χ3n) is 3.67. The van der Waals surface area contributed by atoms with Gasteiger partial charge in [-0.1, -0.05) is 24.3 Å². The molecule has 1 aromatic carbocycles. The number of Topliss-reactive ketones (excluding diaryl/α,β-unsaturated/α-hetero) is 1. The van der Waals surface area contributed by atoms with E-state index in [2.05, 4.69) is 4.98 Å². The van der Waals surface area contributed by atoms with Gasteiger partial charge in [-0.3, -0.25) is 9.78 Å². The van der Waals surface area contributed by atoms with Gasteiger partial charge in [0.15, 0.2) is 6.61 Å². The van der Waals surface area contributed by atoms with Crippen molar-refractivity contribution in [3.63, 3.8) is 0 Å². The lowest BCUT2D eigenvalue weighted by molar-refractivity contribution is 0.0474. The first kappa shape index (κ1) is 15.4. The fourth-order valence-corrected chi connectivity index (χ4v) is 3.19. The van der Waals surface area contributed by atoms with Crippen LogP contribution in [-0.4, -0.2) is 23.3 Å². The molecule has 0 N–H and O–H groups in total. The lowest BCUT2D eigenvalue weighted by Crippen LogP contribution is -2.16. The Morgan fingerprint density at radius 1 is 1.13 bits per heavy atom. The Bertz CT molecular complexity index is 885. The predicted molar refractivity (Wildman–Crippen MR) is 90.1 cm³/mol. The van der Waals surface area contributed by atoms with Gasteiger partial charge < -0.3 is 4.74 Å². The fraction of sp³-hybridized carbons (Fsp3) is 0.167. The molecule has 0 atom stereocenters. The molecular weight excluding hydrogens is 310 g/mol. The number of ketones is 1. The van der Waals surface area contributed by atoms with Crippen molar-refractivity contribution in [2.24, 2.45) is 0 Å². The van der Waals surface area contributed by atoms with Crippen LogP contribution in [-0.2, 0) is 4.74 Å². The maximum Gasteiger partial charge on any atom is 0.340 e. The molecule has 0 unspecified atom stereocenters. The molecule has 23 heavy (non-hydrogen) atoms. The highest BCUT2D eigenvalue weighted by Gasteiger charge is 2.19. The summed E-state index contributed by atoms with van der Waals surface area (Å²) in [4.78, 5) is 29.4. The highest BCUT2D eigenvalue weighted by Crippen LogP contribution is 2.23. The summed E-state index contributed by atoms with van der Waals surface area (Å²) in [5.41, 5.74) is 2.70. The molecule has 5 heteroatoms. The Morgan fingerprint density at radius 3 is 2.65 bits per heavy atom. The fourth-order valence-electron chi connectivity index (χ4n) is 2.54. The van der Waals surface area contributed by atoms with Crippen molar-refractivity contribution in [3.8, 4) is 0 Å².